The van der Waals surface area contributed by atoms with E-state index in [0.29, 0.717) is 19.7 Å². The van der Waals surface area contributed by atoms with Crippen molar-refractivity contribution >= 4 is 17.2 Å². The molecule has 8 heteroatoms. The molecule has 0 aromatic carbocycles. The molecule has 0 aliphatic carbocycles. The van der Waals surface area contributed by atoms with Gasteiger partial charge in [0.15, 0.2) is 0 Å². The maximum absolute atomic E-state index is 12.8. The lowest BCUT2D eigenvalue weighted by atomic mass is 9.85. The fourth-order valence-corrected chi connectivity index (χ4v) is 5.55. The minimum Gasteiger partial charge on any atom is -0.369 e. The Bertz CT molecular complexity index is 1100. The number of amides is 1. The van der Waals surface area contributed by atoms with Gasteiger partial charge in [-0.1, -0.05) is 0 Å². The highest BCUT2D eigenvalue weighted by molar-refractivity contribution is 7.15. The molecule has 2 aliphatic heterocycles. The lowest BCUT2D eigenvalue weighted by Crippen LogP contribution is -2.48. The molecule has 7 nitrogen and oxygen atoms in total. The first kappa shape index (κ1) is 18.2. The Morgan fingerprint density at radius 2 is 2.14 bits per heavy atom. The summed E-state index contributed by atoms with van der Waals surface area (Å²) in [5.74, 6) is -0.218. The minimum atomic E-state index is -0.363. The average molecular weight is 408 g/mol. The van der Waals surface area contributed by atoms with Crippen molar-refractivity contribution in [3.63, 3.8) is 0 Å². The summed E-state index contributed by atoms with van der Waals surface area (Å²) in [6.45, 7) is 1.80. The van der Waals surface area contributed by atoms with Crippen molar-refractivity contribution in [2.24, 2.45) is 0 Å². The standard InChI is InChI=1S/C21H20N4O3S/c26-19-15(2-1-6-24-19)20(27)25-9-4-21(5-10-25)18-14(3-11-28-21)12-17(29-18)16-13-22-7-8-23-16/h1-2,6-8,12-13H,3-5,9-11H2,(H,24,26). The van der Waals surface area contributed by atoms with E-state index in [1.54, 1.807) is 47.0 Å². The first-order valence-corrected chi connectivity index (χ1v) is 10.5. The van der Waals surface area contributed by atoms with Crippen molar-refractivity contribution < 1.29 is 9.53 Å². The Balaban J connectivity index is 1.39. The second-order valence-corrected chi connectivity index (χ2v) is 8.41. The van der Waals surface area contributed by atoms with Crippen LogP contribution in [0.15, 0.2) is 47.8 Å². The molecule has 0 atom stereocenters. The zero-order chi connectivity index (χ0) is 19.8. The van der Waals surface area contributed by atoms with Gasteiger partial charge in [0.25, 0.3) is 11.5 Å². The summed E-state index contributed by atoms with van der Waals surface area (Å²) in [5.41, 5.74) is 1.66. The van der Waals surface area contributed by atoms with E-state index in [2.05, 4.69) is 21.0 Å². The average Bonchev–Trinajstić information content (AvgIpc) is 3.21. The summed E-state index contributed by atoms with van der Waals surface area (Å²) in [7, 11) is 0. The summed E-state index contributed by atoms with van der Waals surface area (Å²) in [6.07, 6.45) is 9.02. The van der Waals surface area contributed by atoms with Crippen LogP contribution >= 0.6 is 11.3 Å². The quantitative estimate of drug-likeness (QED) is 0.704. The number of aromatic nitrogens is 3. The maximum Gasteiger partial charge on any atom is 0.260 e. The molecule has 3 aromatic heterocycles. The van der Waals surface area contributed by atoms with Crippen molar-refractivity contribution in [2.45, 2.75) is 24.9 Å². The van der Waals surface area contributed by atoms with Gasteiger partial charge >= 0.3 is 0 Å². The number of aromatic amines is 1. The van der Waals surface area contributed by atoms with Crippen LogP contribution in [0.1, 0.15) is 33.6 Å². The highest BCUT2D eigenvalue weighted by Crippen LogP contribution is 2.47. The van der Waals surface area contributed by atoms with Crippen LogP contribution in [0, 0.1) is 0 Å². The van der Waals surface area contributed by atoms with Crippen LogP contribution in [-0.4, -0.2) is 45.5 Å². The molecule has 148 valence electrons. The highest BCUT2D eigenvalue weighted by Gasteiger charge is 2.43. The third kappa shape index (κ3) is 3.18. The van der Waals surface area contributed by atoms with Crippen LogP contribution in [0.2, 0.25) is 0 Å². The molecule has 29 heavy (non-hydrogen) atoms. The van der Waals surface area contributed by atoms with E-state index in [4.69, 9.17) is 4.74 Å². The smallest absolute Gasteiger partial charge is 0.260 e. The van der Waals surface area contributed by atoms with Crippen molar-refractivity contribution in [1.29, 1.82) is 0 Å². The van der Waals surface area contributed by atoms with Gasteiger partial charge in [-0.25, -0.2) is 0 Å². The lowest BCUT2D eigenvalue weighted by molar-refractivity contribution is -0.0906. The number of ether oxygens (including phenoxy) is 1. The van der Waals surface area contributed by atoms with E-state index < -0.39 is 0 Å². The molecule has 1 saturated heterocycles. The minimum absolute atomic E-state index is 0.190. The third-order valence-corrected chi connectivity index (χ3v) is 7.08. The Kier molecular flexibility index (Phi) is 4.52. The van der Waals surface area contributed by atoms with Crippen LogP contribution < -0.4 is 5.56 Å². The zero-order valence-electron chi connectivity index (χ0n) is 15.8. The summed E-state index contributed by atoms with van der Waals surface area (Å²) < 4.78 is 6.31. The number of H-pyrrole nitrogens is 1. The molecular formula is C21H20N4O3S. The zero-order valence-corrected chi connectivity index (χ0v) is 16.6. The van der Waals surface area contributed by atoms with Crippen LogP contribution in [0.4, 0.5) is 0 Å². The predicted molar refractivity (Wildman–Crippen MR) is 109 cm³/mol. The molecule has 0 bridgehead atoms. The number of carbonyl (C=O) groups excluding carboxylic acids is 1. The number of hydrogen-bond acceptors (Lipinski definition) is 6. The molecule has 5 rings (SSSR count). The predicted octanol–water partition coefficient (Wildman–Crippen LogP) is 2.60. The first-order chi connectivity index (χ1) is 14.2. The van der Waals surface area contributed by atoms with Crippen LogP contribution in [-0.2, 0) is 16.8 Å². The molecule has 0 radical (unpaired) electrons. The highest BCUT2D eigenvalue weighted by atomic mass is 32.1. The first-order valence-electron chi connectivity index (χ1n) is 9.67. The van der Waals surface area contributed by atoms with Crippen molar-refractivity contribution in [2.75, 3.05) is 19.7 Å². The topological polar surface area (TPSA) is 88.2 Å². The van der Waals surface area contributed by atoms with E-state index in [0.717, 1.165) is 29.8 Å². The second-order valence-electron chi connectivity index (χ2n) is 7.35. The molecule has 2 aliphatic rings. The number of hydrogen-bond donors (Lipinski definition) is 1. The van der Waals surface area contributed by atoms with Crippen molar-refractivity contribution in [1.82, 2.24) is 19.9 Å². The van der Waals surface area contributed by atoms with Gasteiger partial charge in [-0.05, 0) is 43.0 Å². The van der Waals surface area contributed by atoms with Crippen LogP contribution in [0.25, 0.3) is 10.6 Å². The van der Waals surface area contributed by atoms with Gasteiger partial charge in [-0.3, -0.25) is 19.6 Å². The fourth-order valence-electron chi connectivity index (χ4n) is 4.18. The number of likely N-dealkylation sites (tertiary alicyclic amines) is 1. The fraction of sp³-hybridized carbons (Fsp3) is 0.333. The molecule has 5 heterocycles. The van der Waals surface area contributed by atoms with Gasteiger partial charge in [0.05, 0.1) is 23.4 Å². The Morgan fingerprint density at radius 3 is 2.90 bits per heavy atom. The van der Waals surface area contributed by atoms with Gasteiger partial charge < -0.3 is 14.6 Å². The normalized spacial score (nSPS) is 17.9. The SMILES string of the molecule is O=C(c1ccc[nH]c1=O)N1CCC2(CC1)OCCc1cc(-c3cnccn3)sc12. The number of piperidine rings is 1. The van der Waals surface area contributed by atoms with E-state index in [1.807, 2.05) is 0 Å². The number of fused-ring (bicyclic) bond motifs is 2. The summed E-state index contributed by atoms with van der Waals surface area (Å²) in [4.78, 5) is 40.0. The second kappa shape index (κ2) is 7.20. The molecule has 1 amide bonds. The molecule has 0 saturated carbocycles. The van der Waals surface area contributed by atoms with E-state index >= 15 is 0 Å². The number of thiophene rings is 1. The monoisotopic (exact) mass is 408 g/mol. The van der Waals surface area contributed by atoms with Crippen molar-refractivity contribution in [3.8, 4) is 10.6 Å². The molecule has 1 fully saturated rings. The Hall–Kier alpha value is -2.84. The molecule has 1 N–H and O–H groups in total. The Labute approximate surface area is 171 Å². The van der Waals surface area contributed by atoms with Gasteiger partial charge in [-0.2, -0.15) is 0 Å². The number of nitrogens with zero attached hydrogens (tertiary/aromatic N) is 3. The lowest BCUT2D eigenvalue weighted by Gasteiger charge is -2.43. The third-order valence-electron chi connectivity index (χ3n) is 5.70. The summed E-state index contributed by atoms with van der Waals surface area (Å²) >= 11 is 1.72. The molecule has 0 unspecified atom stereocenters. The molecule has 1 spiro atoms. The summed E-state index contributed by atoms with van der Waals surface area (Å²) in [5, 5.41) is 0. The van der Waals surface area contributed by atoms with Crippen LogP contribution in [0.3, 0.4) is 0 Å². The van der Waals surface area contributed by atoms with Gasteiger partial charge in [0.2, 0.25) is 0 Å². The maximum atomic E-state index is 12.8. The number of pyridine rings is 1. The molecule has 3 aromatic rings. The van der Waals surface area contributed by atoms with Gasteiger partial charge in [0.1, 0.15) is 11.2 Å². The largest absolute Gasteiger partial charge is 0.369 e. The summed E-state index contributed by atoms with van der Waals surface area (Å²) in [6, 6.07) is 5.46. The van der Waals surface area contributed by atoms with E-state index in [-0.39, 0.29) is 22.6 Å². The molecular weight excluding hydrogens is 388 g/mol. The van der Waals surface area contributed by atoms with E-state index in [9.17, 15) is 9.59 Å². The van der Waals surface area contributed by atoms with Crippen molar-refractivity contribution in [3.05, 3.63) is 69.3 Å². The van der Waals surface area contributed by atoms with Crippen LogP contribution in [0.5, 0.6) is 0 Å². The number of rotatable bonds is 2. The van der Waals surface area contributed by atoms with Gasteiger partial charge in [-0.15, -0.1) is 11.3 Å². The Morgan fingerprint density at radius 1 is 1.28 bits per heavy atom. The van der Waals surface area contributed by atoms with E-state index in [1.165, 1.54) is 16.6 Å². The van der Waals surface area contributed by atoms with Gasteiger partial charge in [0, 0.05) is 36.6 Å². The number of nitrogens with one attached hydrogen (secondary N) is 1. The number of carbonyl (C=O) groups is 1.